The summed E-state index contributed by atoms with van der Waals surface area (Å²) in [6.07, 6.45) is 3.20. The summed E-state index contributed by atoms with van der Waals surface area (Å²) in [5, 5.41) is 16.6. The van der Waals surface area contributed by atoms with E-state index < -0.39 is 35.7 Å². The molecule has 4 rings (SSSR count). The molecule has 300 valence electrons. The van der Waals surface area contributed by atoms with Crippen LogP contribution < -0.4 is 10.6 Å². The highest BCUT2D eigenvalue weighted by Gasteiger charge is 2.45. The number of hydrogen-bond donors (Lipinski definition) is 3. The van der Waals surface area contributed by atoms with Crippen molar-refractivity contribution < 1.29 is 33.8 Å². The fourth-order valence-corrected chi connectivity index (χ4v) is 7.47. The Bertz CT molecular complexity index is 1470. The third-order valence-corrected chi connectivity index (χ3v) is 10.7. The van der Waals surface area contributed by atoms with Gasteiger partial charge >= 0.3 is 0 Å². The highest BCUT2D eigenvalue weighted by Crippen LogP contribution is 2.39. The number of benzene rings is 2. The van der Waals surface area contributed by atoms with Gasteiger partial charge in [0.1, 0.15) is 0 Å². The van der Waals surface area contributed by atoms with E-state index in [1.54, 1.807) is 44.9 Å². The minimum atomic E-state index is -0.869. The average molecular weight is 751 g/mol. The topological polar surface area (TPSA) is 138 Å². The van der Waals surface area contributed by atoms with Crippen LogP contribution in [0.2, 0.25) is 0 Å². The monoisotopic (exact) mass is 750 g/mol. The van der Waals surface area contributed by atoms with Gasteiger partial charge in [-0.2, -0.15) is 0 Å². The van der Waals surface area contributed by atoms with Crippen molar-refractivity contribution in [3.63, 3.8) is 0 Å². The number of hydrogen-bond acceptors (Lipinski definition) is 7. The van der Waals surface area contributed by atoms with Crippen LogP contribution >= 0.6 is 0 Å². The normalized spacial score (nSPS) is 18.9. The van der Waals surface area contributed by atoms with Crippen molar-refractivity contribution >= 4 is 23.6 Å². The Morgan fingerprint density at radius 2 is 1.54 bits per heavy atom. The van der Waals surface area contributed by atoms with E-state index in [0.29, 0.717) is 24.9 Å². The van der Waals surface area contributed by atoms with Crippen LogP contribution in [0.5, 0.6) is 0 Å². The van der Waals surface area contributed by atoms with Gasteiger partial charge in [-0.3, -0.25) is 19.2 Å². The summed E-state index contributed by atoms with van der Waals surface area (Å²) >= 11 is 0. The van der Waals surface area contributed by atoms with E-state index in [4.69, 9.17) is 9.47 Å². The zero-order valence-corrected chi connectivity index (χ0v) is 34.0. The second-order valence-corrected chi connectivity index (χ2v) is 15.7. The van der Waals surface area contributed by atoms with Crippen molar-refractivity contribution in [2.45, 2.75) is 123 Å². The maximum Gasteiger partial charge on any atom is 0.242 e. The van der Waals surface area contributed by atoms with Crippen LogP contribution in [0.25, 0.3) is 0 Å². The molecule has 0 spiro atoms. The van der Waals surface area contributed by atoms with Gasteiger partial charge in [0.25, 0.3) is 0 Å². The van der Waals surface area contributed by atoms with E-state index in [-0.39, 0.29) is 54.6 Å². The average Bonchev–Trinajstić information content (AvgIpc) is 3.88. The van der Waals surface area contributed by atoms with Crippen molar-refractivity contribution in [3.05, 3.63) is 71.8 Å². The molecule has 2 aromatic rings. The molecule has 0 aromatic heterocycles. The van der Waals surface area contributed by atoms with Crippen LogP contribution in [0.3, 0.4) is 0 Å². The number of rotatable bonds is 18. The summed E-state index contributed by atoms with van der Waals surface area (Å²) in [6.45, 7) is 11.9. The van der Waals surface area contributed by atoms with E-state index >= 15 is 0 Å². The molecule has 1 saturated carbocycles. The van der Waals surface area contributed by atoms with Gasteiger partial charge in [0.2, 0.25) is 23.6 Å². The second-order valence-electron chi connectivity index (χ2n) is 15.7. The number of methoxy groups -OCH3 is 2. The van der Waals surface area contributed by atoms with Gasteiger partial charge in [0, 0.05) is 33.2 Å². The molecule has 1 heterocycles. The molecule has 2 aromatic carbocycles. The highest BCUT2D eigenvalue weighted by molar-refractivity contribution is 5.88. The van der Waals surface area contributed by atoms with Crippen molar-refractivity contribution in [3.8, 4) is 0 Å². The molecule has 0 radical (unpaired) electrons. The lowest BCUT2D eigenvalue weighted by Crippen LogP contribution is -2.54. The van der Waals surface area contributed by atoms with Crippen molar-refractivity contribution in [1.82, 2.24) is 20.4 Å². The summed E-state index contributed by atoms with van der Waals surface area (Å²) in [5.41, 5.74) is 1.06. The number of likely N-dealkylation sites (tertiary alicyclic amines) is 1. The molecular formula is C43H66N4O7. The number of carbonyl (C=O) groups is 4. The van der Waals surface area contributed by atoms with Gasteiger partial charge in [-0.15, -0.1) is 0 Å². The zero-order chi connectivity index (χ0) is 40.0. The summed E-state index contributed by atoms with van der Waals surface area (Å²) in [4.78, 5) is 57.4. The van der Waals surface area contributed by atoms with Crippen LogP contribution in [-0.2, 0) is 35.1 Å². The molecule has 1 saturated heterocycles. The fourth-order valence-electron chi connectivity index (χ4n) is 7.47. The van der Waals surface area contributed by atoms with Crippen LogP contribution in [0.1, 0.15) is 97.3 Å². The van der Waals surface area contributed by atoms with E-state index in [0.717, 1.165) is 24.8 Å². The predicted molar refractivity (Wildman–Crippen MR) is 211 cm³/mol. The summed E-state index contributed by atoms with van der Waals surface area (Å²) < 4.78 is 11.8. The molecule has 7 atom stereocenters. The first-order valence-corrected chi connectivity index (χ1v) is 19.7. The van der Waals surface area contributed by atoms with E-state index in [9.17, 15) is 24.3 Å². The van der Waals surface area contributed by atoms with E-state index in [1.807, 2.05) is 74.5 Å². The third kappa shape index (κ3) is 12.4. The van der Waals surface area contributed by atoms with Gasteiger partial charge in [0.05, 0.1) is 55.3 Å². The van der Waals surface area contributed by atoms with Crippen molar-refractivity contribution in [2.75, 3.05) is 34.4 Å². The molecule has 54 heavy (non-hydrogen) atoms. The third-order valence-electron chi connectivity index (χ3n) is 10.7. The SMILES string of the molecule is CCC.COC(CC(=O)N1CCCC1C(OC)C(C)C(=O)NC(C)C(O)c1ccccc1)C(C1CC1)N(C)C(=O)CNC(=O)C(C)(C)Cc1ccccc1. The van der Waals surface area contributed by atoms with Gasteiger partial charge in [0.15, 0.2) is 0 Å². The summed E-state index contributed by atoms with van der Waals surface area (Å²) in [7, 11) is 4.84. The highest BCUT2D eigenvalue weighted by atomic mass is 16.5. The van der Waals surface area contributed by atoms with Crippen LogP contribution in [0.15, 0.2) is 60.7 Å². The molecule has 3 N–H and O–H groups in total. The quantitative estimate of drug-likeness (QED) is 0.188. The lowest BCUT2D eigenvalue weighted by molar-refractivity contribution is -0.145. The number of carbonyl (C=O) groups excluding carboxylic acids is 4. The molecule has 1 aliphatic heterocycles. The lowest BCUT2D eigenvalue weighted by atomic mass is 9.85. The van der Waals surface area contributed by atoms with Crippen LogP contribution in [0.4, 0.5) is 0 Å². The maximum atomic E-state index is 14.0. The van der Waals surface area contributed by atoms with Crippen LogP contribution in [-0.4, -0.2) is 103 Å². The first-order valence-electron chi connectivity index (χ1n) is 19.7. The number of ether oxygens (including phenoxy) is 2. The first kappa shape index (κ1) is 44.6. The van der Waals surface area contributed by atoms with Gasteiger partial charge in [-0.1, -0.05) is 102 Å². The molecule has 11 nitrogen and oxygen atoms in total. The molecule has 7 unspecified atom stereocenters. The maximum absolute atomic E-state index is 14.0. The smallest absolute Gasteiger partial charge is 0.242 e. The number of nitrogens with zero attached hydrogens (tertiary/aromatic N) is 2. The van der Waals surface area contributed by atoms with E-state index in [2.05, 4.69) is 24.5 Å². The minimum absolute atomic E-state index is 0.0690. The van der Waals surface area contributed by atoms with Gasteiger partial charge in [-0.25, -0.2) is 0 Å². The van der Waals surface area contributed by atoms with E-state index in [1.165, 1.54) is 6.42 Å². The summed E-state index contributed by atoms with van der Waals surface area (Å²) in [5.74, 6) is -1.22. The second kappa shape index (κ2) is 21.3. The molecule has 4 amide bonds. The Morgan fingerprint density at radius 3 is 2.09 bits per heavy atom. The molecule has 11 heteroatoms. The van der Waals surface area contributed by atoms with Crippen molar-refractivity contribution in [2.24, 2.45) is 17.3 Å². The number of likely N-dealkylation sites (N-methyl/N-ethyl adjacent to an activating group) is 1. The molecule has 2 aliphatic rings. The lowest BCUT2D eigenvalue weighted by Gasteiger charge is -2.37. The number of aliphatic hydroxyl groups excluding tert-OH is 1. The Hall–Kier alpha value is -3.80. The van der Waals surface area contributed by atoms with Gasteiger partial charge in [-0.05, 0) is 56.1 Å². The Morgan fingerprint density at radius 1 is 0.944 bits per heavy atom. The minimum Gasteiger partial charge on any atom is -0.386 e. The molecule has 1 aliphatic carbocycles. The predicted octanol–water partition coefficient (Wildman–Crippen LogP) is 5.31. The van der Waals surface area contributed by atoms with Crippen molar-refractivity contribution in [1.29, 1.82) is 0 Å². The standard InChI is InChI=1S/C40H58N4O7.C3H8/c1-26(38(48)42-27(2)36(47)30-17-12-9-13-18-30)37(51-7)31-19-14-22-44(31)33(45)23-32(50-6)35(29-20-21-29)43(5)34(46)25-41-39(49)40(3,4)24-28-15-10-8-11-16-28;1-3-2/h8-13,15-18,26-27,29,31-32,35-37,47H,14,19-25H2,1-7H3,(H,41,49)(H,42,48);3H2,1-2H3. The molecule has 0 bridgehead atoms. The molecular weight excluding hydrogens is 684 g/mol. The molecule has 2 fully saturated rings. The summed E-state index contributed by atoms with van der Waals surface area (Å²) in [6, 6.07) is 17.8. The number of aliphatic hydroxyl groups is 1. The Kier molecular flexibility index (Phi) is 17.6. The van der Waals surface area contributed by atoms with Gasteiger partial charge < -0.3 is 35.0 Å². The Labute approximate surface area is 323 Å². The fraction of sp³-hybridized carbons (Fsp3) is 0.628. The number of nitrogens with one attached hydrogen (secondary N) is 2. The zero-order valence-electron chi connectivity index (χ0n) is 34.0. The largest absolute Gasteiger partial charge is 0.386 e. The Balaban J connectivity index is 0.00000253. The van der Waals surface area contributed by atoms with Crippen LogP contribution in [0, 0.1) is 17.3 Å². The first-order chi connectivity index (χ1) is 25.7. The number of amides is 4.